The number of nitrogens with two attached hydrogens (primary N) is 1. The molecule has 4 atom stereocenters. The van der Waals surface area contributed by atoms with Crippen LogP contribution in [0, 0.1) is 17.8 Å². The molecular formula is C11H23NO. The second-order valence-corrected chi connectivity index (χ2v) is 4.67. The Hall–Kier alpha value is -0.0800. The van der Waals surface area contributed by atoms with E-state index in [4.69, 9.17) is 5.73 Å². The number of hydrogen-bond donors (Lipinski definition) is 2. The van der Waals surface area contributed by atoms with Crippen molar-refractivity contribution in [2.75, 3.05) is 6.54 Å². The molecule has 0 aromatic rings. The van der Waals surface area contributed by atoms with E-state index in [9.17, 15) is 5.11 Å². The highest BCUT2D eigenvalue weighted by molar-refractivity contribution is 4.79. The number of aliphatic hydroxyl groups excluding tert-OH is 1. The van der Waals surface area contributed by atoms with E-state index < -0.39 is 0 Å². The predicted octanol–water partition coefficient (Wildman–Crippen LogP) is 1.77. The molecule has 13 heavy (non-hydrogen) atoms. The van der Waals surface area contributed by atoms with Crippen molar-refractivity contribution in [3.8, 4) is 0 Å². The Kier molecular flexibility index (Phi) is 4.20. The summed E-state index contributed by atoms with van der Waals surface area (Å²) in [6.45, 7) is 5.23. The molecule has 4 unspecified atom stereocenters. The molecule has 0 spiro atoms. The van der Waals surface area contributed by atoms with Crippen LogP contribution in [0.5, 0.6) is 0 Å². The van der Waals surface area contributed by atoms with Gasteiger partial charge in [-0.05, 0) is 43.6 Å². The van der Waals surface area contributed by atoms with Crippen molar-refractivity contribution >= 4 is 0 Å². The molecule has 1 aliphatic rings. The lowest BCUT2D eigenvalue weighted by Crippen LogP contribution is -2.30. The van der Waals surface area contributed by atoms with E-state index in [1.54, 1.807) is 0 Å². The second kappa shape index (κ2) is 4.97. The van der Waals surface area contributed by atoms with E-state index in [2.05, 4.69) is 13.8 Å². The maximum absolute atomic E-state index is 9.80. The van der Waals surface area contributed by atoms with Crippen LogP contribution in [0.15, 0.2) is 0 Å². The Morgan fingerprint density at radius 2 is 2.00 bits per heavy atom. The molecule has 0 aromatic heterocycles. The molecule has 0 aliphatic heterocycles. The van der Waals surface area contributed by atoms with Gasteiger partial charge in [0.1, 0.15) is 0 Å². The van der Waals surface area contributed by atoms with E-state index in [-0.39, 0.29) is 6.10 Å². The fraction of sp³-hybridized carbons (Fsp3) is 1.00. The molecular weight excluding hydrogens is 162 g/mol. The summed E-state index contributed by atoms with van der Waals surface area (Å²) in [4.78, 5) is 0. The molecule has 1 aliphatic carbocycles. The predicted molar refractivity (Wildman–Crippen MR) is 55.3 cm³/mol. The molecule has 78 valence electrons. The summed E-state index contributed by atoms with van der Waals surface area (Å²) < 4.78 is 0. The summed E-state index contributed by atoms with van der Waals surface area (Å²) in [7, 11) is 0. The first-order chi connectivity index (χ1) is 6.15. The summed E-state index contributed by atoms with van der Waals surface area (Å²) in [5.74, 6) is 2.11. The van der Waals surface area contributed by atoms with E-state index >= 15 is 0 Å². The van der Waals surface area contributed by atoms with Gasteiger partial charge in [0, 0.05) is 0 Å². The van der Waals surface area contributed by atoms with Gasteiger partial charge in [0.25, 0.3) is 0 Å². The third-order valence-electron chi connectivity index (χ3n) is 3.65. The lowest BCUT2D eigenvalue weighted by Gasteiger charge is -2.34. The van der Waals surface area contributed by atoms with Gasteiger partial charge in [-0.25, -0.2) is 0 Å². The average Bonchev–Trinajstić information content (AvgIpc) is 2.10. The molecule has 1 saturated carbocycles. The zero-order valence-corrected chi connectivity index (χ0v) is 8.87. The summed E-state index contributed by atoms with van der Waals surface area (Å²) in [6.07, 6.45) is 4.26. The molecule has 1 fully saturated rings. The number of hydrogen-bond acceptors (Lipinski definition) is 2. The van der Waals surface area contributed by atoms with E-state index in [1.807, 2.05) is 0 Å². The van der Waals surface area contributed by atoms with Crippen molar-refractivity contribution < 1.29 is 5.11 Å². The average molecular weight is 185 g/mol. The third-order valence-corrected chi connectivity index (χ3v) is 3.65. The minimum absolute atomic E-state index is 0.153. The normalized spacial score (nSPS) is 37.4. The van der Waals surface area contributed by atoms with Crippen molar-refractivity contribution in [1.29, 1.82) is 0 Å². The molecule has 0 radical (unpaired) electrons. The van der Waals surface area contributed by atoms with Crippen LogP contribution >= 0.6 is 0 Å². The van der Waals surface area contributed by atoms with Gasteiger partial charge >= 0.3 is 0 Å². The minimum Gasteiger partial charge on any atom is -0.393 e. The van der Waals surface area contributed by atoms with E-state index in [0.29, 0.717) is 12.5 Å². The quantitative estimate of drug-likeness (QED) is 0.704. The summed E-state index contributed by atoms with van der Waals surface area (Å²) in [5, 5.41) is 9.80. The molecule has 1 rings (SSSR count). The molecule has 2 heteroatoms. The first-order valence-corrected chi connectivity index (χ1v) is 5.53. The van der Waals surface area contributed by atoms with Gasteiger partial charge < -0.3 is 10.8 Å². The van der Waals surface area contributed by atoms with E-state index in [0.717, 1.165) is 18.3 Å². The smallest absolute Gasteiger partial charge is 0.0580 e. The van der Waals surface area contributed by atoms with Gasteiger partial charge in [-0.2, -0.15) is 0 Å². The zero-order chi connectivity index (χ0) is 9.84. The van der Waals surface area contributed by atoms with Gasteiger partial charge in [-0.3, -0.25) is 0 Å². The van der Waals surface area contributed by atoms with Crippen molar-refractivity contribution in [2.45, 2.75) is 45.6 Å². The summed E-state index contributed by atoms with van der Waals surface area (Å²) in [6, 6.07) is 0. The molecule has 0 saturated heterocycles. The van der Waals surface area contributed by atoms with Crippen molar-refractivity contribution in [3.05, 3.63) is 0 Å². The van der Waals surface area contributed by atoms with Gasteiger partial charge in [-0.1, -0.05) is 20.3 Å². The van der Waals surface area contributed by atoms with Crippen LogP contribution in [0.2, 0.25) is 0 Å². The zero-order valence-electron chi connectivity index (χ0n) is 8.87. The van der Waals surface area contributed by atoms with Crippen LogP contribution in [-0.4, -0.2) is 17.8 Å². The standard InChI is InChI=1S/C11H23NO/c1-8-3-4-10(7-9(8)2)11(13)5-6-12/h8-11,13H,3-7,12H2,1-2H3. The monoisotopic (exact) mass is 185 g/mol. The lowest BCUT2D eigenvalue weighted by molar-refractivity contribution is 0.0525. The van der Waals surface area contributed by atoms with Crippen LogP contribution < -0.4 is 5.73 Å². The van der Waals surface area contributed by atoms with Crippen LogP contribution in [0.1, 0.15) is 39.5 Å². The van der Waals surface area contributed by atoms with Crippen LogP contribution in [-0.2, 0) is 0 Å². The van der Waals surface area contributed by atoms with Crippen molar-refractivity contribution in [1.82, 2.24) is 0 Å². The topological polar surface area (TPSA) is 46.2 Å². The fourth-order valence-electron chi connectivity index (χ4n) is 2.35. The Bertz CT molecular complexity index is 149. The Morgan fingerprint density at radius 3 is 2.54 bits per heavy atom. The van der Waals surface area contributed by atoms with Gasteiger partial charge in [0.2, 0.25) is 0 Å². The molecule has 0 bridgehead atoms. The van der Waals surface area contributed by atoms with Gasteiger partial charge in [-0.15, -0.1) is 0 Å². The maximum Gasteiger partial charge on any atom is 0.0580 e. The summed E-state index contributed by atoms with van der Waals surface area (Å²) >= 11 is 0. The minimum atomic E-state index is -0.153. The number of aliphatic hydroxyl groups is 1. The van der Waals surface area contributed by atoms with Gasteiger partial charge in [0.05, 0.1) is 6.10 Å². The molecule has 2 nitrogen and oxygen atoms in total. The third kappa shape index (κ3) is 2.96. The number of rotatable bonds is 3. The van der Waals surface area contributed by atoms with Crippen molar-refractivity contribution in [2.24, 2.45) is 23.5 Å². The highest BCUT2D eigenvalue weighted by Gasteiger charge is 2.28. The van der Waals surface area contributed by atoms with Crippen LogP contribution in [0.3, 0.4) is 0 Å². The van der Waals surface area contributed by atoms with Crippen molar-refractivity contribution in [3.63, 3.8) is 0 Å². The second-order valence-electron chi connectivity index (χ2n) is 4.67. The first-order valence-electron chi connectivity index (χ1n) is 5.53. The summed E-state index contributed by atoms with van der Waals surface area (Å²) in [5.41, 5.74) is 5.44. The molecule has 3 N–H and O–H groups in total. The maximum atomic E-state index is 9.80. The SMILES string of the molecule is CC1CCC(C(O)CCN)CC1C. The van der Waals surface area contributed by atoms with Gasteiger partial charge in [0.15, 0.2) is 0 Å². The highest BCUT2D eigenvalue weighted by Crippen LogP contribution is 2.35. The molecule has 0 amide bonds. The first kappa shape index (κ1) is 11.0. The Morgan fingerprint density at radius 1 is 1.31 bits per heavy atom. The highest BCUT2D eigenvalue weighted by atomic mass is 16.3. The fourth-order valence-corrected chi connectivity index (χ4v) is 2.35. The van der Waals surface area contributed by atoms with Crippen LogP contribution in [0.4, 0.5) is 0 Å². The van der Waals surface area contributed by atoms with E-state index in [1.165, 1.54) is 19.3 Å². The Labute approximate surface area is 81.5 Å². The largest absolute Gasteiger partial charge is 0.393 e. The lowest BCUT2D eigenvalue weighted by atomic mass is 9.73. The molecule has 0 heterocycles. The molecule has 0 aromatic carbocycles. The Balaban J connectivity index is 2.36. The van der Waals surface area contributed by atoms with Crippen LogP contribution in [0.25, 0.3) is 0 Å².